The number of aryl methyl sites for hydroxylation is 1. The summed E-state index contributed by atoms with van der Waals surface area (Å²) in [7, 11) is -2.30. The van der Waals surface area contributed by atoms with Crippen molar-refractivity contribution in [3.63, 3.8) is 0 Å². The van der Waals surface area contributed by atoms with Crippen molar-refractivity contribution in [3.05, 3.63) is 28.0 Å². The van der Waals surface area contributed by atoms with Crippen LogP contribution in [0.2, 0.25) is 0 Å². The Labute approximate surface area is 120 Å². The molecule has 0 amide bonds. The molecule has 2 N–H and O–H groups in total. The number of aliphatic hydroxyl groups is 1. The SMILES string of the molecule is Cc1cc(F)c(Br)cc1NS(=O)(=O)N(C)CCCO. The Balaban J connectivity index is 2.92. The first-order valence-electron chi connectivity index (χ1n) is 5.58. The number of hydrogen-bond acceptors (Lipinski definition) is 3. The Morgan fingerprint density at radius 2 is 2.11 bits per heavy atom. The van der Waals surface area contributed by atoms with Crippen LogP contribution in [0.25, 0.3) is 0 Å². The maximum atomic E-state index is 13.3. The molecule has 0 bridgehead atoms. The maximum absolute atomic E-state index is 13.3. The molecule has 0 radical (unpaired) electrons. The van der Waals surface area contributed by atoms with E-state index in [1.54, 1.807) is 6.92 Å². The summed E-state index contributed by atoms with van der Waals surface area (Å²) < 4.78 is 40.9. The van der Waals surface area contributed by atoms with E-state index >= 15 is 0 Å². The summed E-state index contributed by atoms with van der Waals surface area (Å²) >= 11 is 3.01. The van der Waals surface area contributed by atoms with Gasteiger partial charge in [-0.2, -0.15) is 12.7 Å². The first-order chi connectivity index (χ1) is 8.77. The summed E-state index contributed by atoms with van der Waals surface area (Å²) in [4.78, 5) is 0. The molecule has 0 saturated heterocycles. The standard InChI is InChI=1S/C11H16BrFN2O3S/c1-8-6-10(13)9(12)7-11(8)14-19(17,18)15(2)4-3-5-16/h6-7,14,16H,3-5H2,1-2H3. The number of rotatable bonds is 6. The largest absolute Gasteiger partial charge is 0.396 e. The smallest absolute Gasteiger partial charge is 0.301 e. The molecule has 1 aromatic carbocycles. The highest BCUT2D eigenvalue weighted by Gasteiger charge is 2.18. The number of nitrogens with zero attached hydrogens (tertiary/aromatic N) is 1. The van der Waals surface area contributed by atoms with Crippen LogP contribution < -0.4 is 4.72 Å². The lowest BCUT2D eigenvalue weighted by atomic mass is 10.2. The third kappa shape index (κ3) is 4.41. The predicted molar refractivity (Wildman–Crippen MR) is 75.7 cm³/mol. The second-order valence-electron chi connectivity index (χ2n) is 4.09. The van der Waals surface area contributed by atoms with Crippen LogP contribution in [0.1, 0.15) is 12.0 Å². The predicted octanol–water partition coefficient (Wildman–Crippen LogP) is 1.87. The molecule has 0 unspecified atom stereocenters. The van der Waals surface area contributed by atoms with E-state index in [0.29, 0.717) is 17.7 Å². The van der Waals surface area contributed by atoms with E-state index in [4.69, 9.17) is 5.11 Å². The summed E-state index contributed by atoms with van der Waals surface area (Å²) in [6.45, 7) is 1.73. The number of hydrogen-bond donors (Lipinski definition) is 2. The quantitative estimate of drug-likeness (QED) is 0.819. The van der Waals surface area contributed by atoms with Gasteiger partial charge in [-0.25, -0.2) is 4.39 Å². The Morgan fingerprint density at radius 3 is 2.68 bits per heavy atom. The van der Waals surface area contributed by atoms with Crippen LogP contribution >= 0.6 is 15.9 Å². The van der Waals surface area contributed by atoms with Gasteiger partial charge in [-0.3, -0.25) is 4.72 Å². The van der Waals surface area contributed by atoms with Gasteiger partial charge in [0.2, 0.25) is 0 Å². The highest BCUT2D eigenvalue weighted by molar-refractivity contribution is 9.10. The summed E-state index contributed by atoms with van der Waals surface area (Å²) in [6.07, 6.45) is 0.351. The first kappa shape index (κ1) is 16.4. The molecule has 5 nitrogen and oxygen atoms in total. The first-order valence-corrected chi connectivity index (χ1v) is 7.82. The topological polar surface area (TPSA) is 69.6 Å². The Hall–Kier alpha value is -0.700. The van der Waals surface area contributed by atoms with Crippen molar-refractivity contribution in [1.82, 2.24) is 4.31 Å². The van der Waals surface area contributed by atoms with Crippen molar-refractivity contribution < 1.29 is 17.9 Å². The second kappa shape index (κ2) is 6.65. The van der Waals surface area contributed by atoms with Gasteiger partial charge in [0.1, 0.15) is 5.82 Å². The molecule has 0 heterocycles. The van der Waals surface area contributed by atoms with Gasteiger partial charge < -0.3 is 5.11 Å². The number of halogens is 2. The Bertz CT molecular complexity index is 551. The highest BCUT2D eigenvalue weighted by atomic mass is 79.9. The molecule has 0 aliphatic carbocycles. The molecule has 8 heteroatoms. The van der Waals surface area contributed by atoms with E-state index in [1.165, 1.54) is 19.2 Å². The zero-order valence-corrected chi connectivity index (χ0v) is 13.1. The lowest BCUT2D eigenvalue weighted by Crippen LogP contribution is -2.33. The van der Waals surface area contributed by atoms with Gasteiger partial charge in [0.15, 0.2) is 0 Å². The maximum Gasteiger partial charge on any atom is 0.301 e. The minimum Gasteiger partial charge on any atom is -0.396 e. The van der Waals surface area contributed by atoms with E-state index < -0.39 is 16.0 Å². The molecule has 0 aliphatic heterocycles. The van der Waals surface area contributed by atoms with Crippen LogP contribution in [0.3, 0.4) is 0 Å². The summed E-state index contributed by atoms with van der Waals surface area (Å²) in [5.74, 6) is -0.450. The monoisotopic (exact) mass is 354 g/mol. The van der Waals surface area contributed by atoms with Crippen LogP contribution in [0.5, 0.6) is 0 Å². The zero-order valence-electron chi connectivity index (χ0n) is 10.7. The third-order valence-electron chi connectivity index (χ3n) is 2.55. The molecule has 1 rings (SSSR count). The molecule has 0 spiro atoms. The van der Waals surface area contributed by atoms with Crippen molar-refractivity contribution in [3.8, 4) is 0 Å². The average Bonchev–Trinajstić information content (AvgIpc) is 2.32. The van der Waals surface area contributed by atoms with E-state index in [2.05, 4.69) is 20.7 Å². The average molecular weight is 355 g/mol. The Kier molecular flexibility index (Phi) is 5.72. The van der Waals surface area contributed by atoms with Crippen LogP contribution in [-0.2, 0) is 10.2 Å². The number of aliphatic hydroxyl groups excluding tert-OH is 1. The van der Waals surface area contributed by atoms with Gasteiger partial charge in [0.05, 0.1) is 10.2 Å². The molecular formula is C11H16BrFN2O3S. The van der Waals surface area contributed by atoms with Crippen molar-refractivity contribution >= 4 is 31.8 Å². The molecule has 1 aromatic rings. The molecule has 0 atom stereocenters. The van der Waals surface area contributed by atoms with E-state index in [1.807, 2.05) is 0 Å². The van der Waals surface area contributed by atoms with Gasteiger partial charge in [-0.15, -0.1) is 0 Å². The van der Waals surface area contributed by atoms with Crippen LogP contribution in [0.15, 0.2) is 16.6 Å². The van der Waals surface area contributed by atoms with Crippen molar-refractivity contribution in [2.45, 2.75) is 13.3 Å². The van der Waals surface area contributed by atoms with Gasteiger partial charge in [0.25, 0.3) is 0 Å². The van der Waals surface area contributed by atoms with Crippen LogP contribution in [0.4, 0.5) is 10.1 Å². The fourth-order valence-corrected chi connectivity index (χ4v) is 2.75. The highest BCUT2D eigenvalue weighted by Crippen LogP contribution is 2.25. The van der Waals surface area contributed by atoms with Crippen molar-refractivity contribution in [2.75, 3.05) is 24.9 Å². The lowest BCUT2D eigenvalue weighted by Gasteiger charge is -2.19. The van der Waals surface area contributed by atoms with Gasteiger partial charge in [-0.1, -0.05) is 0 Å². The van der Waals surface area contributed by atoms with Crippen LogP contribution in [-0.4, -0.2) is 38.0 Å². The molecule has 0 aromatic heterocycles. The summed E-state index contributed by atoms with van der Waals surface area (Å²) in [5.41, 5.74) is 0.795. The summed E-state index contributed by atoms with van der Waals surface area (Å²) in [5, 5.41) is 8.69. The Morgan fingerprint density at radius 1 is 1.47 bits per heavy atom. The second-order valence-corrected chi connectivity index (χ2v) is 6.72. The number of benzene rings is 1. The summed E-state index contributed by atoms with van der Waals surface area (Å²) in [6, 6.07) is 2.62. The molecular weight excluding hydrogens is 339 g/mol. The minimum atomic E-state index is -3.71. The fourth-order valence-electron chi connectivity index (χ4n) is 1.39. The van der Waals surface area contributed by atoms with Crippen molar-refractivity contribution in [1.29, 1.82) is 0 Å². The van der Waals surface area contributed by atoms with Crippen molar-refractivity contribution in [2.24, 2.45) is 0 Å². The number of anilines is 1. The molecule has 19 heavy (non-hydrogen) atoms. The minimum absolute atomic E-state index is 0.0824. The van der Waals surface area contributed by atoms with E-state index in [-0.39, 0.29) is 17.6 Å². The zero-order chi connectivity index (χ0) is 14.6. The van der Waals surface area contributed by atoms with Gasteiger partial charge in [-0.05, 0) is 47.0 Å². The molecule has 108 valence electrons. The molecule has 0 saturated carbocycles. The van der Waals surface area contributed by atoms with Crippen LogP contribution in [0, 0.1) is 12.7 Å². The molecule has 0 aliphatic rings. The third-order valence-corrected chi connectivity index (χ3v) is 4.64. The van der Waals surface area contributed by atoms with Gasteiger partial charge >= 0.3 is 10.2 Å². The van der Waals surface area contributed by atoms with E-state index in [0.717, 1.165) is 4.31 Å². The van der Waals surface area contributed by atoms with Gasteiger partial charge in [0, 0.05) is 20.2 Å². The number of nitrogens with one attached hydrogen (secondary N) is 1. The molecule has 0 fully saturated rings. The normalized spacial score (nSPS) is 11.9. The van der Waals surface area contributed by atoms with E-state index in [9.17, 15) is 12.8 Å². The fraction of sp³-hybridized carbons (Fsp3) is 0.455. The lowest BCUT2D eigenvalue weighted by molar-refractivity contribution is 0.276.